The number of hydrogen-bond acceptors (Lipinski definition) is 4. The van der Waals surface area contributed by atoms with Crippen LogP contribution in [0.4, 0.5) is 0 Å². The molecule has 0 radical (unpaired) electrons. The number of thioether (sulfide) groups is 1. The molecule has 5 rings (SSSR count). The Morgan fingerprint density at radius 1 is 0.943 bits per heavy atom. The van der Waals surface area contributed by atoms with Gasteiger partial charge in [0, 0.05) is 5.56 Å². The Kier molecular flexibility index (Phi) is 7.14. The summed E-state index contributed by atoms with van der Waals surface area (Å²) in [7, 11) is 0. The number of carbonyl (C=O) groups excluding carboxylic acids is 1. The van der Waals surface area contributed by atoms with Crippen molar-refractivity contribution in [1.82, 2.24) is 9.55 Å². The highest BCUT2D eigenvalue weighted by Crippen LogP contribution is 2.32. The average molecular weight is 483 g/mol. The van der Waals surface area contributed by atoms with Crippen LogP contribution in [0.1, 0.15) is 66.4 Å². The Morgan fingerprint density at radius 3 is 2.37 bits per heavy atom. The van der Waals surface area contributed by atoms with E-state index in [1.54, 1.807) is 10.6 Å². The molecule has 0 spiro atoms. The maximum Gasteiger partial charge on any atom is 0.266 e. The highest BCUT2D eigenvalue weighted by molar-refractivity contribution is 7.99. The summed E-state index contributed by atoms with van der Waals surface area (Å²) in [6, 6.07) is 23.5. The van der Waals surface area contributed by atoms with Crippen molar-refractivity contribution in [3.63, 3.8) is 0 Å². The lowest BCUT2D eigenvalue weighted by Gasteiger charge is -2.22. The molecular weight excluding hydrogens is 452 g/mol. The molecule has 178 valence electrons. The summed E-state index contributed by atoms with van der Waals surface area (Å²) in [5.74, 6) is 0.888. The summed E-state index contributed by atoms with van der Waals surface area (Å²) < 4.78 is 1.63. The first-order valence-electron chi connectivity index (χ1n) is 12.5. The van der Waals surface area contributed by atoms with Crippen molar-refractivity contribution in [2.75, 3.05) is 5.75 Å². The van der Waals surface area contributed by atoms with E-state index in [4.69, 9.17) is 4.98 Å². The lowest BCUT2D eigenvalue weighted by molar-refractivity contribution is 0.102. The van der Waals surface area contributed by atoms with E-state index in [9.17, 15) is 9.59 Å². The van der Waals surface area contributed by atoms with E-state index in [0.29, 0.717) is 27.5 Å². The number of aromatic nitrogens is 2. The molecule has 4 nitrogen and oxygen atoms in total. The average Bonchev–Trinajstić information content (AvgIpc) is 2.92. The molecular formula is C30H30N2O2S. The predicted octanol–water partition coefficient (Wildman–Crippen LogP) is 6.97. The second-order valence-electron chi connectivity index (χ2n) is 9.24. The van der Waals surface area contributed by atoms with Gasteiger partial charge < -0.3 is 0 Å². The van der Waals surface area contributed by atoms with Crippen LogP contribution in [0.15, 0.2) is 82.7 Å². The number of rotatable bonds is 7. The van der Waals surface area contributed by atoms with Crippen LogP contribution < -0.4 is 5.56 Å². The molecule has 1 aliphatic carbocycles. The van der Waals surface area contributed by atoms with Crippen LogP contribution in [0, 0.1) is 0 Å². The number of aryl methyl sites for hydroxylation is 1. The van der Waals surface area contributed by atoms with Gasteiger partial charge in [-0.1, -0.05) is 86.5 Å². The predicted molar refractivity (Wildman–Crippen MR) is 144 cm³/mol. The standard InChI is InChI=1S/C30H30N2O2S/c1-2-21-12-18-25(19-13-21)32-29(34)26-10-6-7-11-27(26)31-30(32)35-20-28(33)24-16-14-23(15-17-24)22-8-4-3-5-9-22/h6-7,10-19,22H,2-5,8-9,20H2,1H3. The molecule has 0 unspecified atom stereocenters. The number of hydrogen-bond donors (Lipinski definition) is 0. The van der Waals surface area contributed by atoms with E-state index in [1.165, 1.54) is 55.0 Å². The van der Waals surface area contributed by atoms with Crippen LogP contribution in [0.25, 0.3) is 16.6 Å². The summed E-state index contributed by atoms with van der Waals surface area (Å²) in [6.07, 6.45) is 7.34. The Bertz CT molecular complexity index is 1390. The zero-order valence-corrected chi connectivity index (χ0v) is 20.9. The van der Waals surface area contributed by atoms with Crippen molar-refractivity contribution < 1.29 is 4.79 Å². The number of Topliss-reactive ketones (excluding diaryl/α,β-unsaturated/α-hetero) is 1. The quantitative estimate of drug-likeness (QED) is 0.162. The van der Waals surface area contributed by atoms with Crippen molar-refractivity contribution in [3.8, 4) is 5.69 Å². The third-order valence-electron chi connectivity index (χ3n) is 6.99. The van der Waals surface area contributed by atoms with E-state index >= 15 is 0 Å². The molecule has 35 heavy (non-hydrogen) atoms. The fourth-order valence-corrected chi connectivity index (χ4v) is 5.82. The molecule has 0 amide bonds. The topological polar surface area (TPSA) is 52.0 Å². The van der Waals surface area contributed by atoms with E-state index in [2.05, 4.69) is 19.1 Å². The van der Waals surface area contributed by atoms with Crippen LogP contribution in [0.5, 0.6) is 0 Å². The Labute approximate surface area is 210 Å². The first kappa shape index (κ1) is 23.6. The molecule has 0 bridgehead atoms. The fraction of sp³-hybridized carbons (Fsp3) is 0.300. The van der Waals surface area contributed by atoms with Gasteiger partial charge in [-0.3, -0.25) is 14.2 Å². The third-order valence-corrected chi connectivity index (χ3v) is 7.93. The molecule has 1 fully saturated rings. The zero-order chi connectivity index (χ0) is 24.2. The summed E-state index contributed by atoms with van der Waals surface area (Å²) in [4.78, 5) is 31.3. The van der Waals surface area contributed by atoms with Gasteiger partial charge >= 0.3 is 0 Å². The van der Waals surface area contributed by atoms with Gasteiger partial charge in [0.2, 0.25) is 0 Å². The highest BCUT2D eigenvalue weighted by Gasteiger charge is 2.18. The minimum Gasteiger partial charge on any atom is -0.293 e. The van der Waals surface area contributed by atoms with Gasteiger partial charge in [-0.15, -0.1) is 0 Å². The fourth-order valence-electron chi connectivity index (χ4n) is 4.91. The number of nitrogens with zero attached hydrogens (tertiary/aromatic N) is 2. The van der Waals surface area contributed by atoms with Crippen molar-refractivity contribution in [1.29, 1.82) is 0 Å². The second kappa shape index (κ2) is 10.6. The molecule has 3 aromatic carbocycles. The highest BCUT2D eigenvalue weighted by atomic mass is 32.2. The van der Waals surface area contributed by atoms with Crippen molar-refractivity contribution >= 4 is 28.4 Å². The Balaban J connectivity index is 1.41. The van der Waals surface area contributed by atoms with Crippen molar-refractivity contribution in [2.45, 2.75) is 56.5 Å². The Hall–Kier alpha value is -3.18. The van der Waals surface area contributed by atoms with Crippen LogP contribution in [0.3, 0.4) is 0 Å². The van der Waals surface area contributed by atoms with Gasteiger partial charge in [-0.05, 0) is 60.6 Å². The molecule has 1 aromatic heterocycles. The maximum atomic E-state index is 13.4. The molecule has 0 N–H and O–H groups in total. The van der Waals surface area contributed by atoms with Crippen molar-refractivity contribution in [2.24, 2.45) is 0 Å². The van der Waals surface area contributed by atoms with Crippen molar-refractivity contribution in [3.05, 3.63) is 99.8 Å². The number of carbonyl (C=O) groups is 1. The minimum atomic E-state index is -0.119. The smallest absolute Gasteiger partial charge is 0.266 e. The molecule has 1 saturated carbocycles. The van der Waals surface area contributed by atoms with Gasteiger partial charge in [-0.25, -0.2) is 4.98 Å². The van der Waals surface area contributed by atoms with Gasteiger partial charge in [0.05, 0.1) is 22.3 Å². The second-order valence-corrected chi connectivity index (χ2v) is 10.2. The minimum absolute atomic E-state index is 0.0421. The van der Waals surface area contributed by atoms with Crippen LogP contribution in [-0.4, -0.2) is 21.1 Å². The molecule has 0 saturated heterocycles. The van der Waals surface area contributed by atoms with Crippen LogP contribution in [0.2, 0.25) is 0 Å². The first-order valence-corrected chi connectivity index (χ1v) is 13.5. The summed E-state index contributed by atoms with van der Waals surface area (Å²) in [5.41, 5.74) is 4.54. The summed E-state index contributed by atoms with van der Waals surface area (Å²) in [6.45, 7) is 2.10. The van der Waals surface area contributed by atoms with E-state index in [-0.39, 0.29) is 17.1 Å². The number of ketones is 1. The molecule has 1 heterocycles. The van der Waals surface area contributed by atoms with Gasteiger partial charge in [0.1, 0.15) is 0 Å². The van der Waals surface area contributed by atoms with E-state index in [0.717, 1.165) is 12.1 Å². The lowest BCUT2D eigenvalue weighted by Crippen LogP contribution is -2.22. The molecule has 5 heteroatoms. The zero-order valence-electron chi connectivity index (χ0n) is 20.1. The molecule has 0 atom stereocenters. The molecule has 4 aromatic rings. The maximum absolute atomic E-state index is 13.4. The summed E-state index contributed by atoms with van der Waals surface area (Å²) >= 11 is 1.32. The summed E-state index contributed by atoms with van der Waals surface area (Å²) in [5, 5.41) is 1.10. The number of benzene rings is 3. The SMILES string of the molecule is CCc1ccc(-n2c(SCC(=O)c3ccc(C4CCCCC4)cc3)nc3ccccc3c2=O)cc1. The normalized spacial score (nSPS) is 14.3. The van der Waals surface area contributed by atoms with E-state index < -0.39 is 0 Å². The van der Waals surface area contributed by atoms with Gasteiger partial charge in [-0.2, -0.15) is 0 Å². The monoisotopic (exact) mass is 482 g/mol. The number of fused-ring (bicyclic) bond motifs is 1. The molecule has 1 aliphatic rings. The first-order chi connectivity index (χ1) is 17.1. The van der Waals surface area contributed by atoms with E-state index in [1.807, 2.05) is 54.6 Å². The lowest BCUT2D eigenvalue weighted by atomic mass is 9.84. The van der Waals surface area contributed by atoms with Gasteiger partial charge in [0.25, 0.3) is 5.56 Å². The van der Waals surface area contributed by atoms with Crippen LogP contribution in [-0.2, 0) is 6.42 Å². The number of para-hydroxylation sites is 1. The van der Waals surface area contributed by atoms with Gasteiger partial charge in [0.15, 0.2) is 10.9 Å². The largest absolute Gasteiger partial charge is 0.293 e. The third kappa shape index (κ3) is 5.10. The Morgan fingerprint density at radius 2 is 1.66 bits per heavy atom. The molecule has 0 aliphatic heterocycles. The van der Waals surface area contributed by atoms with Crippen LogP contribution >= 0.6 is 11.8 Å².